The third-order valence-corrected chi connectivity index (χ3v) is 3.16. The first kappa shape index (κ1) is 14.4. The second-order valence-electron chi connectivity index (χ2n) is 4.85. The second kappa shape index (κ2) is 6.44. The molecule has 0 aromatic heterocycles. The Labute approximate surface area is 118 Å². The van der Waals surface area contributed by atoms with Crippen molar-refractivity contribution < 1.29 is 13.9 Å². The largest absolute Gasteiger partial charge is 0.369 e. The molecule has 2 nitrogen and oxygen atoms in total. The molecule has 0 aliphatic rings. The highest BCUT2D eigenvalue weighted by Crippen LogP contribution is 2.12. The van der Waals surface area contributed by atoms with Gasteiger partial charge in [0.05, 0.1) is 6.61 Å². The number of hydrogen-bond donors (Lipinski definition) is 0. The summed E-state index contributed by atoms with van der Waals surface area (Å²) in [5.41, 5.74) is 3.89. The highest BCUT2D eigenvalue weighted by molar-refractivity contribution is 5.97. The lowest BCUT2D eigenvalue weighted by atomic mass is 10.1. The van der Waals surface area contributed by atoms with Crippen LogP contribution in [0.15, 0.2) is 42.5 Å². The molecule has 0 spiro atoms. The number of carbonyl (C=O) groups excluding carboxylic acids is 1. The van der Waals surface area contributed by atoms with E-state index in [1.807, 2.05) is 26.0 Å². The molecule has 3 heteroatoms. The molecule has 2 aromatic rings. The minimum atomic E-state index is -0.349. The first-order valence-electron chi connectivity index (χ1n) is 6.49. The average molecular weight is 272 g/mol. The average Bonchev–Trinajstić information content (AvgIpc) is 2.42. The van der Waals surface area contributed by atoms with Crippen LogP contribution in [-0.2, 0) is 11.3 Å². The normalized spacial score (nSPS) is 10.6. The Bertz CT molecular complexity index is 603. The fourth-order valence-electron chi connectivity index (χ4n) is 1.98. The van der Waals surface area contributed by atoms with E-state index in [9.17, 15) is 9.18 Å². The lowest BCUT2D eigenvalue weighted by molar-refractivity contribution is 0.0725. The third-order valence-electron chi connectivity index (χ3n) is 3.16. The maximum atomic E-state index is 12.8. The maximum absolute atomic E-state index is 12.8. The summed E-state index contributed by atoms with van der Waals surface area (Å²) in [7, 11) is 0. The Morgan fingerprint density at radius 3 is 2.45 bits per heavy atom. The zero-order chi connectivity index (χ0) is 14.5. The molecular formula is C17H17FO2. The van der Waals surface area contributed by atoms with E-state index < -0.39 is 0 Å². The number of aryl methyl sites for hydroxylation is 2. The van der Waals surface area contributed by atoms with Crippen molar-refractivity contribution >= 4 is 5.78 Å². The molecule has 0 radical (unpaired) electrons. The van der Waals surface area contributed by atoms with Gasteiger partial charge in [-0.3, -0.25) is 4.79 Å². The smallest absolute Gasteiger partial charge is 0.188 e. The van der Waals surface area contributed by atoms with E-state index in [-0.39, 0.29) is 18.2 Å². The minimum absolute atomic E-state index is 0.00104. The Morgan fingerprint density at radius 1 is 1.10 bits per heavy atom. The Balaban J connectivity index is 1.89. The quantitative estimate of drug-likeness (QED) is 0.773. The predicted octanol–water partition coefficient (Wildman–Crippen LogP) is 3.84. The van der Waals surface area contributed by atoms with E-state index in [0.717, 1.165) is 11.1 Å². The molecule has 0 saturated carbocycles. The van der Waals surface area contributed by atoms with E-state index in [0.29, 0.717) is 12.2 Å². The van der Waals surface area contributed by atoms with E-state index in [2.05, 4.69) is 6.07 Å². The van der Waals surface area contributed by atoms with E-state index in [4.69, 9.17) is 4.74 Å². The van der Waals surface area contributed by atoms with Crippen LogP contribution >= 0.6 is 0 Å². The standard InChI is InChI=1S/C17H17FO2/c1-12-3-4-15(13(2)9-12)10-20-11-17(19)14-5-7-16(18)8-6-14/h3-9H,10-11H2,1-2H3. The van der Waals surface area contributed by atoms with Gasteiger partial charge in [0.15, 0.2) is 5.78 Å². The van der Waals surface area contributed by atoms with E-state index in [1.165, 1.54) is 29.8 Å². The molecule has 0 bridgehead atoms. The Hall–Kier alpha value is -2.00. The number of hydrogen-bond acceptors (Lipinski definition) is 2. The first-order chi connectivity index (χ1) is 9.56. The van der Waals surface area contributed by atoms with Crippen molar-refractivity contribution in [2.75, 3.05) is 6.61 Å². The molecule has 0 amide bonds. The molecule has 2 aromatic carbocycles. The molecule has 2 rings (SSSR count). The van der Waals surface area contributed by atoms with Gasteiger partial charge in [-0.05, 0) is 49.2 Å². The van der Waals surface area contributed by atoms with Crippen molar-refractivity contribution in [3.05, 3.63) is 70.5 Å². The molecule has 0 saturated heterocycles. The third kappa shape index (κ3) is 3.75. The number of Topliss-reactive ketones (excluding diaryl/α,β-unsaturated/α-hetero) is 1. The summed E-state index contributed by atoms with van der Waals surface area (Å²) in [5, 5.41) is 0. The lowest BCUT2D eigenvalue weighted by Crippen LogP contribution is -2.09. The topological polar surface area (TPSA) is 26.3 Å². The molecule has 0 unspecified atom stereocenters. The van der Waals surface area contributed by atoms with Crippen molar-refractivity contribution in [2.24, 2.45) is 0 Å². The van der Waals surface area contributed by atoms with Crippen LogP contribution in [0.3, 0.4) is 0 Å². The van der Waals surface area contributed by atoms with Gasteiger partial charge in [0.2, 0.25) is 0 Å². The summed E-state index contributed by atoms with van der Waals surface area (Å²) in [5.74, 6) is -0.493. The van der Waals surface area contributed by atoms with Gasteiger partial charge in [-0.15, -0.1) is 0 Å². The van der Waals surface area contributed by atoms with Crippen LogP contribution < -0.4 is 0 Å². The van der Waals surface area contributed by atoms with Gasteiger partial charge in [0.25, 0.3) is 0 Å². The highest BCUT2D eigenvalue weighted by atomic mass is 19.1. The highest BCUT2D eigenvalue weighted by Gasteiger charge is 2.07. The molecular weight excluding hydrogens is 255 g/mol. The van der Waals surface area contributed by atoms with Crippen molar-refractivity contribution in [1.82, 2.24) is 0 Å². The molecule has 20 heavy (non-hydrogen) atoms. The number of ketones is 1. The zero-order valence-electron chi connectivity index (χ0n) is 11.7. The van der Waals surface area contributed by atoms with Crippen molar-refractivity contribution in [1.29, 1.82) is 0 Å². The fourth-order valence-corrected chi connectivity index (χ4v) is 1.98. The van der Waals surface area contributed by atoms with Gasteiger partial charge in [0, 0.05) is 5.56 Å². The van der Waals surface area contributed by atoms with E-state index >= 15 is 0 Å². The number of benzene rings is 2. The molecule has 0 aliphatic carbocycles. The predicted molar refractivity (Wildman–Crippen MR) is 76.3 cm³/mol. The van der Waals surface area contributed by atoms with Gasteiger partial charge in [0.1, 0.15) is 12.4 Å². The SMILES string of the molecule is Cc1ccc(COCC(=O)c2ccc(F)cc2)c(C)c1. The van der Waals surface area contributed by atoms with Gasteiger partial charge in [-0.25, -0.2) is 4.39 Å². The summed E-state index contributed by atoms with van der Waals surface area (Å²) >= 11 is 0. The molecule has 0 fully saturated rings. The van der Waals surface area contributed by atoms with Crippen LogP contribution in [0.4, 0.5) is 4.39 Å². The summed E-state index contributed by atoms with van der Waals surface area (Å²) < 4.78 is 18.2. The van der Waals surface area contributed by atoms with Crippen LogP contribution in [0.1, 0.15) is 27.0 Å². The van der Waals surface area contributed by atoms with Crippen molar-refractivity contribution in [2.45, 2.75) is 20.5 Å². The molecule has 0 atom stereocenters. The van der Waals surface area contributed by atoms with Gasteiger partial charge in [-0.1, -0.05) is 23.8 Å². The summed E-state index contributed by atoms with van der Waals surface area (Å²) in [6, 6.07) is 11.6. The zero-order valence-corrected chi connectivity index (χ0v) is 11.7. The number of halogens is 1. The Morgan fingerprint density at radius 2 is 1.80 bits per heavy atom. The monoisotopic (exact) mass is 272 g/mol. The van der Waals surface area contributed by atoms with E-state index in [1.54, 1.807) is 0 Å². The Kier molecular flexibility index (Phi) is 4.64. The molecule has 0 heterocycles. The second-order valence-corrected chi connectivity index (χ2v) is 4.85. The summed E-state index contributed by atoms with van der Waals surface area (Å²) in [4.78, 5) is 11.8. The fraction of sp³-hybridized carbons (Fsp3) is 0.235. The first-order valence-corrected chi connectivity index (χ1v) is 6.49. The maximum Gasteiger partial charge on any atom is 0.188 e. The van der Waals surface area contributed by atoms with Crippen molar-refractivity contribution in [3.8, 4) is 0 Å². The summed E-state index contributed by atoms with van der Waals surface area (Å²) in [6.07, 6.45) is 0. The minimum Gasteiger partial charge on any atom is -0.369 e. The lowest BCUT2D eigenvalue weighted by Gasteiger charge is -2.08. The number of rotatable bonds is 5. The van der Waals surface area contributed by atoms with Crippen LogP contribution in [0.25, 0.3) is 0 Å². The van der Waals surface area contributed by atoms with Gasteiger partial charge in [-0.2, -0.15) is 0 Å². The van der Waals surface area contributed by atoms with Gasteiger partial charge < -0.3 is 4.74 Å². The molecule has 0 N–H and O–H groups in total. The number of ether oxygens (including phenoxy) is 1. The molecule has 0 aliphatic heterocycles. The van der Waals surface area contributed by atoms with Crippen LogP contribution in [0.2, 0.25) is 0 Å². The molecule has 104 valence electrons. The number of carbonyl (C=O) groups is 1. The van der Waals surface area contributed by atoms with Crippen molar-refractivity contribution in [3.63, 3.8) is 0 Å². The summed E-state index contributed by atoms with van der Waals surface area (Å²) in [6.45, 7) is 4.46. The van der Waals surface area contributed by atoms with Crippen LogP contribution in [0.5, 0.6) is 0 Å². The van der Waals surface area contributed by atoms with Crippen LogP contribution in [-0.4, -0.2) is 12.4 Å². The van der Waals surface area contributed by atoms with Crippen LogP contribution in [0, 0.1) is 19.7 Å². The van der Waals surface area contributed by atoms with Gasteiger partial charge >= 0.3 is 0 Å².